The summed E-state index contributed by atoms with van der Waals surface area (Å²) in [6, 6.07) is 3.79. The third-order valence-electron chi connectivity index (χ3n) is 4.01. The first-order valence-electron chi connectivity index (χ1n) is 7.75. The number of carboxylic acid groups (broad SMARTS) is 1. The number of benzene rings is 1. The van der Waals surface area contributed by atoms with Gasteiger partial charge in [0.2, 0.25) is 0 Å². The Morgan fingerprint density at radius 2 is 1.95 bits per heavy atom. The Labute approximate surface area is 131 Å². The second-order valence-corrected chi connectivity index (χ2v) is 6.93. The topological polar surface area (TPSA) is 62.5 Å². The Morgan fingerprint density at radius 1 is 1.32 bits per heavy atom. The molecule has 1 atom stereocenters. The lowest BCUT2D eigenvalue weighted by atomic mass is 9.84. The summed E-state index contributed by atoms with van der Waals surface area (Å²) in [6.45, 7) is 10.7. The molecule has 0 amide bonds. The summed E-state index contributed by atoms with van der Waals surface area (Å²) in [5.74, 6) is -0.927. The van der Waals surface area contributed by atoms with Gasteiger partial charge in [0.1, 0.15) is 0 Å². The van der Waals surface area contributed by atoms with Gasteiger partial charge in [-0.3, -0.25) is 0 Å². The summed E-state index contributed by atoms with van der Waals surface area (Å²) in [7, 11) is 0. The highest BCUT2D eigenvalue weighted by Gasteiger charge is 2.23. The number of nitrogens with zero attached hydrogens (tertiary/aromatic N) is 1. The predicted molar refractivity (Wildman–Crippen MR) is 88.5 cm³/mol. The third-order valence-corrected chi connectivity index (χ3v) is 4.01. The number of aliphatic hydroxyl groups excluding tert-OH is 1. The van der Waals surface area contributed by atoms with Gasteiger partial charge in [0.15, 0.2) is 0 Å². The molecule has 2 rings (SSSR count). The molecule has 2 aromatic rings. The smallest absolute Gasteiger partial charge is 0.337 e. The number of aliphatic hydroxyl groups is 1. The van der Waals surface area contributed by atoms with Crippen molar-refractivity contribution < 1.29 is 15.0 Å². The number of carboxylic acids is 1. The van der Waals surface area contributed by atoms with Crippen molar-refractivity contribution in [3.63, 3.8) is 0 Å². The van der Waals surface area contributed by atoms with Crippen molar-refractivity contribution in [3.05, 3.63) is 35.0 Å². The fraction of sp³-hybridized carbons (Fsp3) is 0.500. The Kier molecular flexibility index (Phi) is 4.34. The van der Waals surface area contributed by atoms with Crippen LogP contribution in [0.25, 0.3) is 10.9 Å². The minimum atomic E-state index is -0.927. The van der Waals surface area contributed by atoms with Crippen molar-refractivity contribution in [1.82, 2.24) is 4.57 Å². The SMILES string of the molecule is CCCn1cc(C(C)O)c2cc(C(C)(C)C)cc(C(=O)O)c21. The molecule has 0 aliphatic heterocycles. The first-order chi connectivity index (χ1) is 10.2. The van der Waals surface area contributed by atoms with Crippen molar-refractivity contribution in [1.29, 1.82) is 0 Å². The van der Waals surface area contributed by atoms with E-state index in [4.69, 9.17) is 0 Å². The number of hydrogen-bond donors (Lipinski definition) is 2. The second kappa shape index (κ2) is 5.76. The Bertz CT molecular complexity index is 705. The van der Waals surface area contributed by atoms with Crippen LogP contribution in [0.4, 0.5) is 0 Å². The van der Waals surface area contributed by atoms with Gasteiger partial charge < -0.3 is 14.8 Å². The van der Waals surface area contributed by atoms with Crippen molar-refractivity contribution >= 4 is 16.9 Å². The molecule has 1 unspecified atom stereocenters. The number of rotatable bonds is 4. The van der Waals surface area contributed by atoms with Gasteiger partial charge in [-0.25, -0.2) is 4.79 Å². The van der Waals surface area contributed by atoms with Gasteiger partial charge in [-0.1, -0.05) is 27.7 Å². The van der Waals surface area contributed by atoms with Gasteiger partial charge in [-0.2, -0.15) is 0 Å². The van der Waals surface area contributed by atoms with Gasteiger partial charge in [0, 0.05) is 23.7 Å². The Balaban J connectivity index is 2.90. The van der Waals surface area contributed by atoms with E-state index in [0.717, 1.165) is 29.5 Å². The van der Waals surface area contributed by atoms with Gasteiger partial charge >= 0.3 is 5.97 Å². The third kappa shape index (κ3) is 2.88. The summed E-state index contributed by atoms with van der Waals surface area (Å²) < 4.78 is 1.95. The van der Waals surface area contributed by atoms with E-state index in [1.165, 1.54) is 0 Å². The molecule has 0 aliphatic carbocycles. The van der Waals surface area contributed by atoms with E-state index in [2.05, 4.69) is 27.7 Å². The quantitative estimate of drug-likeness (QED) is 0.894. The molecule has 1 heterocycles. The van der Waals surface area contributed by atoms with Crippen LogP contribution in [-0.2, 0) is 12.0 Å². The molecule has 0 fully saturated rings. The molecule has 0 saturated carbocycles. The van der Waals surface area contributed by atoms with Crippen LogP contribution in [-0.4, -0.2) is 20.7 Å². The molecule has 0 saturated heterocycles. The van der Waals surface area contributed by atoms with E-state index in [1.807, 2.05) is 16.8 Å². The van der Waals surface area contributed by atoms with E-state index in [-0.39, 0.29) is 5.41 Å². The molecule has 4 nitrogen and oxygen atoms in total. The lowest BCUT2D eigenvalue weighted by Gasteiger charge is -2.20. The van der Waals surface area contributed by atoms with E-state index in [0.29, 0.717) is 11.1 Å². The fourth-order valence-electron chi connectivity index (χ4n) is 2.81. The molecule has 0 bridgehead atoms. The van der Waals surface area contributed by atoms with Crippen molar-refractivity contribution in [2.45, 2.75) is 59.1 Å². The lowest BCUT2D eigenvalue weighted by Crippen LogP contribution is -2.13. The van der Waals surface area contributed by atoms with E-state index >= 15 is 0 Å². The van der Waals surface area contributed by atoms with E-state index in [1.54, 1.807) is 13.0 Å². The highest BCUT2D eigenvalue weighted by atomic mass is 16.4. The molecular weight excluding hydrogens is 278 g/mol. The van der Waals surface area contributed by atoms with Crippen LogP contribution in [0.2, 0.25) is 0 Å². The molecule has 0 spiro atoms. The van der Waals surface area contributed by atoms with Crippen LogP contribution in [0.15, 0.2) is 18.3 Å². The predicted octanol–water partition coefficient (Wildman–Crippen LogP) is 4.10. The number of aromatic nitrogens is 1. The van der Waals surface area contributed by atoms with Crippen LogP contribution < -0.4 is 0 Å². The van der Waals surface area contributed by atoms with Crippen LogP contribution in [0.3, 0.4) is 0 Å². The van der Waals surface area contributed by atoms with Gasteiger partial charge in [-0.05, 0) is 36.5 Å². The second-order valence-electron chi connectivity index (χ2n) is 6.93. The molecule has 22 heavy (non-hydrogen) atoms. The summed E-state index contributed by atoms with van der Waals surface area (Å²) in [5, 5.41) is 20.5. The first-order valence-corrected chi connectivity index (χ1v) is 7.75. The number of fused-ring (bicyclic) bond motifs is 1. The maximum atomic E-state index is 11.8. The molecule has 120 valence electrons. The lowest BCUT2D eigenvalue weighted by molar-refractivity contribution is 0.0698. The van der Waals surface area contributed by atoms with Crippen LogP contribution in [0, 0.1) is 0 Å². The minimum absolute atomic E-state index is 0.152. The van der Waals surface area contributed by atoms with Crippen LogP contribution >= 0.6 is 0 Å². The maximum absolute atomic E-state index is 11.8. The van der Waals surface area contributed by atoms with E-state index < -0.39 is 12.1 Å². The molecule has 2 N–H and O–H groups in total. The van der Waals surface area contributed by atoms with Crippen molar-refractivity contribution in [2.24, 2.45) is 0 Å². The number of carbonyl (C=O) groups is 1. The minimum Gasteiger partial charge on any atom is -0.478 e. The van der Waals surface area contributed by atoms with Crippen molar-refractivity contribution in [2.75, 3.05) is 0 Å². The zero-order valence-electron chi connectivity index (χ0n) is 14.0. The average Bonchev–Trinajstić information content (AvgIpc) is 2.76. The average molecular weight is 303 g/mol. The Hall–Kier alpha value is -1.81. The number of aryl methyl sites for hydroxylation is 1. The van der Waals surface area contributed by atoms with Crippen molar-refractivity contribution in [3.8, 4) is 0 Å². The van der Waals surface area contributed by atoms with Gasteiger partial charge in [-0.15, -0.1) is 0 Å². The molecule has 0 aliphatic rings. The van der Waals surface area contributed by atoms with Crippen LogP contribution in [0.1, 0.15) is 68.6 Å². The first kappa shape index (κ1) is 16.6. The monoisotopic (exact) mass is 303 g/mol. The van der Waals surface area contributed by atoms with Gasteiger partial charge in [0.25, 0.3) is 0 Å². The summed E-state index contributed by atoms with van der Waals surface area (Å²) >= 11 is 0. The normalized spacial score (nSPS) is 13.5. The standard InChI is InChI=1S/C18H25NO3/c1-6-7-19-10-15(11(2)20)13-8-12(18(3,4)5)9-14(16(13)19)17(21)22/h8-11,20H,6-7H2,1-5H3,(H,21,22). The van der Waals surface area contributed by atoms with Gasteiger partial charge in [0.05, 0.1) is 17.2 Å². The Morgan fingerprint density at radius 3 is 2.41 bits per heavy atom. The van der Waals surface area contributed by atoms with Crippen LogP contribution in [0.5, 0.6) is 0 Å². The zero-order valence-corrected chi connectivity index (χ0v) is 14.0. The maximum Gasteiger partial charge on any atom is 0.337 e. The highest BCUT2D eigenvalue weighted by Crippen LogP contribution is 2.34. The fourth-order valence-corrected chi connectivity index (χ4v) is 2.81. The number of hydrogen-bond acceptors (Lipinski definition) is 2. The molecule has 1 aromatic heterocycles. The molecule has 4 heteroatoms. The largest absolute Gasteiger partial charge is 0.478 e. The summed E-state index contributed by atoms with van der Waals surface area (Å²) in [4.78, 5) is 11.8. The summed E-state index contributed by atoms with van der Waals surface area (Å²) in [5.41, 5.74) is 2.62. The zero-order chi connectivity index (χ0) is 16.7. The highest BCUT2D eigenvalue weighted by molar-refractivity contribution is 6.04. The number of aromatic carboxylic acids is 1. The van der Waals surface area contributed by atoms with E-state index in [9.17, 15) is 15.0 Å². The molecule has 1 aromatic carbocycles. The molecule has 0 radical (unpaired) electrons. The molecular formula is C18H25NO3. The summed E-state index contributed by atoms with van der Waals surface area (Å²) in [6.07, 6.45) is 2.17.